The number of hydrogen-bond donors (Lipinski definition) is 1. The van der Waals surface area contributed by atoms with E-state index in [0.717, 1.165) is 15.1 Å². The maximum atomic E-state index is 6.18. The highest BCUT2D eigenvalue weighted by atomic mass is 127. The lowest BCUT2D eigenvalue weighted by Gasteiger charge is -2.20. The van der Waals surface area contributed by atoms with Crippen LogP contribution in [0.15, 0.2) is 24.5 Å². The number of rotatable bonds is 3. The normalized spacial score (nSPS) is 11.8. The predicted octanol–water partition coefficient (Wildman–Crippen LogP) is 3.41. The lowest BCUT2D eigenvalue weighted by atomic mass is 10.1. The molecule has 19 heavy (non-hydrogen) atoms. The molecule has 0 atom stereocenters. The molecular weight excluding hydrogens is 375 g/mol. The summed E-state index contributed by atoms with van der Waals surface area (Å²) in [4.78, 5) is 4.56. The molecule has 2 rings (SSSR count). The van der Waals surface area contributed by atoms with Crippen molar-refractivity contribution < 1.29 is 0 Å². The van der Waals surface area contributed by atoms with E-state index in [4.69, 9.17) is 11.6 Å². The predicted molar refractivity (Wildman–Crippen MR) is 85.7 cm³/mol. The van der Waals surface area contributed by atoms with Crippen molar-refractivity contribution in [2.24, 2.45) is 0 Å². The standard InChI is InChI=1S/C13H16ClIN4/c1-13(2,3)16-7-11-10(14)4-5-12(18-11)19-8-9(15)6-17-19/h4-6,8,16H,7H2,1-3H3. The van der Waals surface area contributed by atoms with Gasteiger partial charge in [0, 0.05) is 18.3 Å². The van der Waals surface area contributed by atoms with Crippen LogP contribution in [0, 0.1) is 3.57 Å². The Hall–Kier alpha value is -0.660. The minimum absolute atomic E-state index is 0.0299. The quantitative estimate of drug-likeness (QED) is 0.817. The third-order valence-corrected chi connectivity index (χ3v) is 3.38. The van der Waals surface area contributed by atoms with Crippen molar-refractivity contribution in [1.29, 1.82) is 0 Å². The summed E-state index contributed by atoms with van der Waals surface area (Å²) in [6.07, 6.45) is 3.72. The molecule has 0 saturated heterocycles. The van der Waals surface area contributed by atoms with Crippen LogP contribution < -0.4 is 5.32 Å². The molecule has 0 aromatic carbocycles. The maximum Gasteiger partial charge on any atom is 0.153 e. The Morgan fingerprint density at radius 3 is 2.68 bits per heavy atom. The van der Waals surface area contributed by atoms with Gasteiger partial charge in [-0.3, -0.25) is 0 Å². The molecule has 0 spiro atoms. The topological polar surface area (TPSA) is 42.7 Å². The fourth-order valence-electron chi connectivity index (χ4n) is 1.50. The fraction of sp³-hybridized carbons (Fsp3) is 0.385. The van der Waals surface area contributed by atoms with Gasteiger partial charge in [0.15, 0.2) is 5.82 Å². The van der Waals surface area contributed by atoms with Gasteiger partial charge in [0.2, 0.25) is 0 Å². The Morgan fingerprint density at radius 1 is 1.37 bits per heavy atom. The van der Waals surface area contributed by atoms with E-state index in [1.165, 1.54) is 0 Å². The highest BCUT2D eigenvalue weighted by molar-refractivity contribution is 14.1. The summed E-state index contributed by atoms with van der Waals surface area (Å²) >= 11 is 8.40. The van der Waals surface area contributed by atoms with Crippen LogP contribution in [0.5, 0.6) is 0 Å². The molecule has 2 aromatic heterocycles. The van der Waals surface area contributed by atoms with Gasteiger partial charge in [0.25, 0.3) is 0 Å². The van der Waals surface area contributed by atoms with Gasteiger partial charge in [0.1, 0.15) is 0 Å². The van der Waals surface area contributed by atoms with Gasteiger partial charge in [-0.2, -0.15) is 5.10 Å². The van der Waals surface area contributed by atoms with Crippen LogP contribution in [0.25, 0.3) is 5.82 Å². The van der Waals surface area contributed by atoms with Crippen LogP contribution in [-0.2, 0) is 6.54 Å². The SMILES string of the molecule is CC(C)(C)NCc1nc(-n2cc(I)cn2)ccc1Cl. The first-order chi connectivity index (χ1) is 8.85. The first-order valence-electron chi connectivity index (χ1n) is 5.96. The van der Waals surface area contributed by atoms with Gasteiger partial charge >= 0.3 is 0 Å². The summed E-state index contributed by atoms with van der Waals surface area (Å²) < 4.78 is 2.82. The molecule has 0 aliphatic heterocycles. The second-order valence-electron chi connectivity index (χ2n) is 5.30. The van der Waals surface area contributed by atoms with Crippen LogP contribution in [0.2, 0.25) is 5.02 Å². The number of aromatic nitrogens is 3. The van der Waals surface area contributed by atoms with Crippen molar-refractivity contribution in [3.05, 3.63) is 38.8 Å². The van der Waals surface area contributed by atoms with Crippen molar-refractivity contribution >= 4 is 34.2 Å². The van der Waals surface area contributed by atoms with Crippen LogP contribution in [0.4, 0.5) is 0 Å². The molecule has 0 unspecified atom stereocenters. The Labute approximate surface area is 131 Å². The number of nitrogens with one attached hydrogen (secondary N) is 1. The zero-order valence-electron chi connectivity index (χ0n) is 11.1. The van der Waals surface area contributed by atoms with E-state index in [1.54, 1.807) is 10.9 Å². The van der Waals surface area contributed by atoms with E-state index in [1.807, 2.05) is 18.3 Å². The van der Waals surface area contributed by atoms with Crippen molar-refractivity contribution in [2.75, 3.05) is 0 Å². The second kappa shape index (κ2) is 5.76. The first kappa shape index (κ1) is 14.7. The average molecular weight is 391 g/mol. The molecule has 1 N–H and O–H groups in total. The van der Waals surface area contributed by atoms with Crippen molar-refractivity contribution in [1.82, 2.24) is 20.1 Å². The third kappa shape index (κ3) is 4.15. The molecule has 0 fully saturated rings. The van der Waals surface area contributed by atoms with Crippen molar-refractivity contribution in [2.45, 2.75) is 32.9 Å². The van der Waals surface area contributed by atoms with Gasteiger partial charge in [-0.05, 0) is 55.5 Å². The Bertz CT molecular complexity index is 574. The Morgan fingerprint density at radius 2 is 2.11 bits per heavy atom. The summed E-state index contributed by atoms with van der Waals surface area (Å²) in [5.74, 6) is 0.776. The van der Waals surface area contributed by atoms with E-state index in [0.29, 0.717) is 11.6 Å². The lowest BCUT2D eigenvalue weighted by molar-refractivity contribution is 0.421. The van der Waals surface area contributed by atoms with E-state index in [-0.39, 0.29) is 5.54 Å². The smallest absolute Gasteiger partial charge is 0.153 e. The molecule has 4 nitrogen and oxygen atoms in total. The Balaban J connectivity index is 2.24. The third-order valence-electron chi connectivity index (χ3n) is 2.48. The number of nitrogens with zero attached hydrogens (tertiary/aromatic N) is 3. The monoisotopic (exact) mass is 390 g/mol. The van der Waals surface area contributed by atoms with Gasteiger partial charge < -0.3 is 5.32 Å². The lowest BCUT2D eigenvalue weighted by Crippen LogP contribution is -2.35. The average Bonchev–Trinajstić information content (AvgIpc) is 2.74. The minimum Gasteiger partial charge on any atom is -0.306 e. The molecule has 102 valence electrons. The van der Waals surface area contributed by atoms with Crippen molar-refractivity contribution in [3.63, 3.8) is 0 Å². The molecule has 0 bridgehead atoms. The number of halogens is 2. The fourth-order valence-corrected chi connectivity index (χ4v) is 2.06. The first-order valence-corrected chi connectivity index (χ1v) is 7.42. The van der Waals surface area contributed by atoms with Gasteiger partial charge in [-0.1, -0.05) is 11.6 Å². The molecule has 0 radical (unpaired) electrons. The summed E-state index contributed by atoms with van der Waals surface area (Å²) in [5.41, 5.74) is 0.863. The van der Waals surface area contributed by atoms with Crippen LogP contribution in [0.3, 0.4) is 0 Å². The van der Waals surface area contributed by atoms with E-state index in [9.17, 15) is 0 Å². The van der Waals surface area contributed by atoms with E-state index in [2.05, 4.69) is 58.8 Å². The van der Waals surface area contributed by atoms with E-state index < -0.39 is 0 Å². The van der Waals surface area contributed by atoms with Gasteiger partial charge in [-0.25, -0.2) is 9.67 Å². The van der Waals surface area contributed by atoms with E-state index >= 15 is 0 Å². The van der Waals surface area contributed by atoms with Crippen molar-refractivity contribution in [3.8, 4) is 5.82 Å². The molecule has 2 aromatic rings. The highest BCUT2D eigenvalue weighted by Gasteiger charge is 2.12. The Kier molecular flexibility index (Phi) is 4.47. The van der Waals surface area contributed by atoms with Gasteiger partial charge in [0.05, 0.1) is 20.5 Å². The number of pyridine rings is 1. The summed E-state index contributed by atoms with van der Waals surface area (Å²) in [6.45, 7) is 6.97. The largest absolute Gasteiger partial charge is 0.306 e. The summed E-state index contributed by atoms with van der Waals surface area (Å²) in [7, 11) is 0. The molecule has 0 saturated carbocycles. The van der Waals surface area contributed by atoms with Crippen LogP contribution in [-0.4, -0.2) is 20.3 Å². The molecule has 6 heteroatoms. The summed E-state index contributed by atoms with van der Waals surface area (Å²) in [5, 5.41) is 8.30. The maximum absolute atomic E-state index is 6.18. The zero-order valence-corrected chi connectivity index (χ0v) is 14.0. The molecule has 0 amide bonds. The van der Waals surface area contributed by atoms with Gasteiger partial charge in [-0.15, -0.1) is 0 Å². The molecular formula is C13H16ClIN4. The summed E-state index contributed by atoms with van der Waals surface area (Å²) in [6, 6.07) is 3.73. The zero-order chi connectivity index (χ0) is 14.0. The van der Waals surface area contributed by atoms with Crippen LogP contribution in [0.1, 0.15) is 26.5 Å². The highest BCUT2D eigenvalue weighted by Crippen LogP contribution is 2.17. The second-order valence-corrected chi connectivity index (χ2v) is 6.96. The molecule has 2 heterocycles. The number of hydrogen-bond acceptors (Lipinski definition) is 3. The molecule has 0 aliphatic carbocycles. The minimum atomic E-state index is 0.0299. The molecule has 0 aliphatic rings. The van der Waals surface area contributed by atoms with Crippen LogP contribution >= 0.6 is 34.2 Å².